The highest BCUT2D eigenvalue weighted by atomic mass is 16.3. The minimum atomic E-state index is -0.749. The van der Waals surface area contributed by atoms with E-state index in [1.165, 1.54) is 0 Å². The summed E-state index contributed by atoms with van der Waals surface area (Å²) in [6.45, 7) is 4.88. The van der Waals surface area contributed by atoms with Gasteiger partial charge in [0.15, 0.2) is 0 Å². The predicted octanol–water partition coefficient (Wildman–Crippen LogP) is 3.28. The SMILES string of the molecule is C=CCN(C/C=C/c1ccccc1)[C@@H](CO)[C@@H](O)c1ccccc1. The van der Waals surface area contributed by atoms with Crippen molar-refractivity contribution in [1.82, 2.24) is 4.90 Å². The number of hydrogen-bond acceptors (Lipinski definition) is 3. The van der Waals surface area contributed by atoms with Crippen LogP contribution >= 0.6 is 0 Å². The van der Waals surface area contributed by atoms with E-state index >= 15 is 0 Å². The topological polar surface area (TPSA) is 43.7 Å². The molecule has 0 heterocycles. The van der Waals surface area contributed by atoms with E-state index in [0.717, 1.165) is 11.1 Å². The van der Waals surface area contributed by atoms with Crippen molar-refractivity contribution in [2.24, 2.45) is 0 Å². The first kappa shape index (κ1) is 18.1. The van der Waals surface area contributed by atoms with Crippen LogP contribution in [0.4, 0.5) is 0 Å². The molecule has 0 aliphatic rings. The third-order valence-electron chi connectivity index (χ3n) is 3.98. The Morgan fingerprint density at radius 1 is 0.958 bits per heavy atom. The van der Waals surface area contributed by atoms with Gasteiger partial charge in [-0.2, -0.15) is 0 Å². The lowest BCUT2D eigenvalue weighted by Crippen LogP contribution is -2.42. The van der Waals surface area contributed by atoms with E-state index in [-0.39, 0.29) is 12.6 Å². The van der Waals surface area contributed by atoms with Gasteiger partial charge in [0.05, 0.1) is 18.8 Å². The number of aliphatic hydroxyl groups excluding tert-OH is 2. The molecule has 0 aromatic heterocycles. The molecular formula is C21H25NO2. The monoisotopic (exact) mass is 323 g/mol. The Labute approximate surface area is 144 Å². The van der Waals surface area contributed by atoms with Crippen LogP contribution in [0.5, 0.6) is 0 Å². The van der Waals surface area contributed by atoms with E-state index in [2.05, 4.69) is 6.58 Å². The standard InChI is InChI=1S/C21H25NO2/c1-2-15-22(16-9-12-18-10-5-3-6-11-18)20(17-23)21(24)19-13-7-4-8-14-19/h2-14,20-21,23-24H,1,15-17H2/b12-9+/t20-,21-/m0/s1. The average molecular weight is 323 g/mol. The smallest absolute Gasteiger partial charge is 0.0967 e. The van der Waals surface area contributed by atoms with E-state index in [1.807, 2.05) is 77.7 Å². The number of rotatable bonds is 9. The van der Waals surface area contributed by atoms with Gasteiger partial charge in [-0.15, -0.1) is 6.58 Å². The maximum atomic E-state index is 10.6. The zero-order valence-corrected chi connectivity index (χ0v) is 13.8. The summed E-state index contributed by atoms with van der Waals surface area (Å²) < 4.78 is 0. The van der Waals surface area contributed by atoms with Crippen LogP contribution in [0.15, 0.2) is 79.4 Å². The second kappa shape index (κ2) is 9.83. The van der Waals surface area contributed by atoms with Crippen molar-refractivity contribution >= 4 is 6.08 Å². The third kappa shape index (κ3) is 5.17. The van der Waals surface area contributed by atoms with Crippen molar-refractivity contribution in [1.29, 1.82) is 0 Å². The first-order chi connectivity index (χ1) is 11.8. The molecule has 0 bridgehead atoms. The first-order valence-electron chi connectivity index (χ1n) is 8.16. The minimum Gasteiger partial charge on any atom is -0.395 e. The number of benzene rings is 2. The summed E-state index contributed by atoms with van der Waals surface area (Å²) in [5, 5.41) is 20.4. The highest BCUT2D eigenvalue weighted by Crippen LogP contribution is 2.21. The molecule has 2 aromatic carbocycles. The fraction of sp³-hybridized carbons (Fsp3) is 0.238. The van der Waals surface area contributed by atoms with Crippen LogP contribution in [0.25, 0.3) is 6.08 Å². The van der Waals surface area contributed by atoms with Gasteiger partial charge in [-0.25, -0.2) is 0 Å². The van der Waals surface area contributed by atoms with Crippen molar-refractivity contribution in [2.75, 3.05) is 19.7 Å². The lowest BCUT2D eigenvalue weighted by Gasteiger charge is -2.32. The number of aliphatic hydroxyl groups is 2. The van der Waals surface area contributed by atoms with E-state index in [9.17, 15) is 10.2 Å². The van der Waals surface area contributed by atoms with Gasteiger partial charge >= 0.3 is 0 Å². The van der Waals surface area contributed by atoms with Crippen LogP contribution in [-0.2, 0) is 0 Å². The minimum absolute atomic E-state index is 0.122. The van der Waals surface area contributed by atoms with Crippen LogP contribution in [-0.4, -0.2) is 40.9 Å². The second-order valence-electron chi connectivity index (χ2n) is 5.66. The molecule has 3 nitrogen and oxygen atoms in total. The Kier molecular flexibility index (Phi) is 7.43. The summed E-state index contributed by atoms with van der Waals surface area (Å²) in [6, 6.07) is 19.1. The molecule has 3 heteroatoms. The highest BCUT2D eigenvalue weighted by molar-refractivity contribution is 5.48. The molecule has 0 spiro atoms. The second-order valence-corrected chi connectivity index (χ2v) is 5.66. The lowest BCUT2D eigenvalue weighted by molar-refractivity contribution is 0.0255. The molecule has 24 heavy (non-hydrogen) atoms. The summed E-state index contributed by atoms with van der Waals surface area (Å²) in [7, 11) is 0. The number of nitrogens with zero attached hydrogens (tertiary/aromatic N) is 1. The van der Waals surface area contributed by atoms with Gasteiger partial charge in [-0.3, -0.25) is 4.90 Å². The Bertz CT molecular complexity index is 625. The van der Waals surface area contributed by atoms with Gasteiger partial charge in [0, 0.05) is 13.1 Å². The van der Waals surface area contributed by atoms with E-state index < -0.39 is 6.10 Å². The van der Waals surface area contributed by atoms with Crippen molar-refractivity contribution in [2.45, 2.75) is 12.1 Å². The average Bonchev–Trinajstić information content (AvgIpc) is 2.64. The predicted molar refractivity (Wildman–Crippen MR) is 99.5 cm³/mol. The van der Waals surface area contributed by atoms with Gasteiger partial charge in [0.2, 0.25) is 0 Å². The Balaban J connectivity index is 2.08. The molecule has 126 valence electrons. The summed E-state index contributed by atoms with van der Waals surface area (Å²) in [6.07, 6.45) is 5.12. The molecule has 0 aliphatic carbocycles. The van der Waals surface area contributed by atoms with E-state index in [0.29, 0.717) is 13.1 Å². The summed E-state index contributed by atoms with van der Waals surface area (Å²) in [5.41, 5.74) is 1.93. The molecule has 0 fully saturated rings. The molecule has 0 saturated heterocycles. The normalized spacial score (nSPS) is 14.0. The van der Waals surface area contributed by atoms with Crippen LogP contribution in [0.3, 0.4) is 0 Å². The molecule has 0 saturated carbocycles. The van der Waals surface area contributed by atoms with Crippen molar-refractivity contribution in [3.63, 3.8) is 0 Å². The van der Waals surface area contributed by atoms with Gasteiger partial charge in [-0.1, -0.05) is 78.9 Å². The molecule has 0 radical (unpaired) electrons. The summed E-state index contributed by atoms with van der Waals surface area (Å²) in [5.74, 6) is 0. The summed E-state index contributed by atoms with van der Waals surface area (Å²) >= 11 is 0. The van der Waals surface area contributed by atoms with Crippen LogP contribution in [0.1, 0.15) is 17.2 Å². The molecule has 0 unspecified atom stereocenters. The van der Waals surface area contributed by atoms with Gasteiger partial charge < -0.3 is 10.2 Å². The number of hydrogen-bond donors (Lipinski definition) is 2. The zero-order chi connectivity index (χ0) is 17.2. The van der Waals surface area contributed by atoms with Crippen LogP contribution in [0.2, 0.25) is 0 Å². The van der Waals surface area contributed by atoms with Crippen molar-refractivity contribution in [3.05, 3.63) is 90.5 Å². The fourth-order valence-corrected chi connectivity index (χ4v) is 2.69. The van der Waals surface area contributed by atoms with E-state index in [4.69, 9.17) is 0 Å². The highest BCUT2D eigenvalue weighted by Gasteiger charge is 2.25. The van der Waals surface area contributed by atoms with Crippen molar-refractivity contribution in [3.8, 4) is 0 Å². The van der Waals surface area contributed by atoms with Gasteiger partial charge in [0.1, 0.15) is 0 Å². The fourth-order valence-electron chi connectivity index (χ4n) is 2.69. The molecule has 2 rings (SSSR count). The van der Waals surface area contributed by atoms with Crippen LogP contribution < -0.4 is 0 Å². The van der Waals surface area contributed by atoms with Crippen LogP contribution in [0, 0.1) is 0 Å². The largest absolute Gasteiger partial charge is 0.395 e. The maximum Gasteiger partial charge on any atom is 0.0967 e. The molecule has 0 aliphatic heterocycles. The van der Waals surface area contributed by atoms with Gasteiger partial charge in [0.25, 0.3) is 0 Å². The van der Waals surface area contributed by atoms with Gasteiger partial charge in [-0.05, 0) is 11.1 Å². The third-order valence-corrected chi connectivity index (χ3v) is 3.98. The quantitative estimate of drug-likeness (QED) is 0.696. The molecule has 2 aromatic rings. The Hall–Kier alpha value is -2.20. The Morgan fingerprint density at radius 2 is 1.58 bits per heavy atom. The maximum absolute atomic E-state index is 10.6. The molecular weight excluding hydrogens is 298 g/mol. The first-order valence-corrected chi connectivity index (χ1v) is 8.16. The summed E-state index contributed by atoms with van der Waals surface area (Å²) in [4.78, 5) is 2.02. The zero-order valence-electron chi connectivity index (χ0n) is 13.8. The van der Waals surface area contributed by atoms with E-state index in [1.54, 1.807) is 6.08 Å². The molecule has 2 atom stereocenters. The van der Waals surface area contributed by atoms with Crippen molar-refractivity contribution < 1.29 is 10.2 Å². The lowest BCUT2D eigenvalue weighted by atomic mass is 10.0. The Morgan fingerprint density at radius 3 is 2.17 bits per heavy atom. The molecule has 0 amide bonds. The molecule has 2 N–H and O–H groups in total.